The molecule has 1 aliphatic carbocycles. The molecule has 0 aromatic rings. The third-order valence-corrected chi connectivity index (χ3v) is 3.50. The summed E-state index contributed by atoms with van der Waals surface area (Å²) < 4.78 is 5.63. The largest absolute Gasteiger partial charge is 0.365 e. The summed E-state index contributed by atoms with van der Waals surface area (Å²) in [6, 6.07) is 0. The van der Waals surface area contributed by atoms with Gasteiger partial charge >= 0.3 is 0 Å². The van der Waals surface area contributed by atoms with Crippen molar-refractivity contribution in [1.29, 1.82) is 0 Å². The maximum Gasteiger partial charge on any atom is 0.165 e. The maximum absolute atomic E-state index is 10.1. The van der Waals surface area contributed by atoms with Gasteiger partial charge in [-0.3, -0.25) is 0 Å². The van der Waals surface area contributed by atoms with Crippen LogP contribution in [0.1, 0.15) is 77.6 Å². The summed E-state index contributed by atoms with van der Waals surface area (Å²) in [5, 5.41) is 10.1. The van der Waals surface area contributed by atoms with Crippen LogP contribution in [0.5, 0.6) is 0 Å². The molecule has 0 heterocycles. The van der Waals surface area contributed by atoms with Crippen molar-refractivity contribution in [2.45, 2.75) is 83.3 Å². The minimum Gasteiger partial charge on any atom is -0.365 e. The monoisotopic (exact) mass is 228 g/mol. The van der Waals surface area contributed by atoms with Crippen LogP contribution in [-0.2, 0) is 4.74 Å². The lowest BCUT2D eigenvalue weighted by atomic mass is 9.94. The first-order valence-corrected chi connectivity index (χ1v) is 7.13. The first-order chi connectivity index (χ1) is 7.77. The zero-order valence-electron chi connectivity index (χ0n) is 10.8. The van der Waals surface area contributed by atoms with Gasteiger partial charge in [-0.2, -0.15) is 0 Å². The van der Waals surface area contributed by atoms with Gasteiger partial charge in [0.1, 0.15) is 0 Å². The summed E-state index contributed by atoms with van der Waals surface area (Å²) >= 11 is 0. The minimum atomic E-state index is -0.776. The van der Waals surface area contributed by atoms with Crippen LogP contribution in [0.2, 0.25) is 0 Å². The molecule has 1 fully saturated rings. The van der Waals surface area contributed by atoms with Crippen LogP contribution in [0.4, 0.5) is 0 Å². The van der Waals surface area contributed by atoms with Gasteiger partial charge in [-0.1, -0.05) is 45.4 Å². The second-order valence-electron chi connectivity index (χ2n) is 5.12. The lowest BCUT2D eigenvalue weighted by molar-refractivity contribution is -0.220. The van der Waals surface area contributed by atoms with E-state index < -0.39 is 5.79 Å². The Balaban J connectivity index is 1.93. The highest BCUT2D eigenvalue weighted by Gasteiger charge is 2.29. The molecule has 0 aromatic heterocycles. The Bertz CT molecular complexity index is 162. The SMILES string of the molecule is CCCCCCCCOC1(O)CCCCC1. The molecule has 0 amide bonds. The van der Waals surface area contributed by atoms with Crippen LogP contribution < -0.4 is 0 Å². The van der Waals surface area contributed by atoms with Crippen LogP contribution in [0.15, 0.2) is 0 Å². The Hall–Kier alpha value is -0.0800. The second-order valence-corrected chi connectivity index (χ2v) is 5.12. The topological polar surface area (TPSA) is 29.5 Å². The highest BCUT2D eigenvalue weighted by atomic mass is 16.6. The highest BCUT2D eigenvalue weighted by Crippen LogP contribution is 2.29. The number of unbranched alkanes of at least 4 members (excludes halogenated alkanes) is 5. The molecule has 0 atom stereocenters. The number of hydrogen-bond acceptors (Lipinski definition) is 2. The molecule has 0 saturated heterocycles. The van der Waals surface area contributed by atoms with Crippen LogP contribution in [0.25, 0.3) is 0 Å². The fraction of sp³-hybridized carbons (Fsp3) is 1.00. The second kappa shape index (κ2) is 8.08. The fourth-order valence-electron chi connectivity index (χ4n) is 2.39. The standard InChI is InChI=1S/C14H28O2/c1-2-3-4-5-6-10-13-16-14(15)11-8-7-9-12-14/h15H,2-13H2,1H3. The van der Waals surface area contributed by atoms with Crippen molar-refractivity contribution >= 4 is 0 Å². The van der Waals surface area contributed by atoms with E-state index in [2.05, 4.69) is 6.92 Å². The van der Waals surface area contributed by atoms with Gasteiger partial charge < -0.3 is 9.84 Å². The Labute approximate surface area is 100 Å². The number of hydrogen-bond donors (Lipinski definition) is 1. The molecule has 1 saturated carbocycles. The molecule has 1 rings (SSSR count). The molecule has 0 radical (unpaired) electrons. The zero-order valence-corrected chi connectivity index (χ0v) is 10.8. The van der Waals surface area contributed by atoms with Crippen LogP contribution >= 0.6 is 0 Å². The summed E-state index contributed by atoms with van der Waals surface area (Å²) in [5.74, 6) is -0.776. The quantitative estimate of drug-likeness (QED) is 0.502. The van der Waals surface area contributed by atoms with E-state index in [1.54, 1.807) is 0 Å². The first-order valence-electron chi connectivity index (χ1n) is 7.13. The maximum atomic E-state index is 10.1. The smallest absolute Gasteiger partial charge is 0.165 e. The highest BCUT2D eigenvalue weighted by molar-refractivity contribution is 4.72. The van der Waals surface area contributed by atoms with Crippen molar-refractivity contribution < 1.29 is 9.84 Å². The van der Waals surface area contributed by atoms with Crippen LogP contribution in [0, 0.1) is 0 Å². The molecule has 0 aliphatic heterocycles. The van der Waals surface area contributed by atoms with E-state index in [4.69, 9.17) is 4.74 Å². The molecular weight excluding hydrogens is 200 g/mol. The van der Waals surface area contributed by atoms with Gasteiger partial charge in [-0.25, -0.2) is 0 Å². The normalized spacial score (nSPS) is 19.9. The Morgan fingerprint density at radius 1 is 0.938 bits per heavy atom. The molecular formula is C14H28O2. The molecule has 2 nitrogen and oxygen atoms in total. The van der Waals surface area contributed by atoms with Crippen LogP contribution in [0.3, 0.4) is 0 Å². The first kappa shape index (κ1) is 14.0. The lowest BCUT2D eigenvalue weighted by Crippen LogP contribution is -2.34. The van der Waals surface area contributed by atoms with Crippen molar-refractivity contribution in [3.05, 3.63) is 0 Å². The van der Waals surface area contributed by atoms with Crippen molar-refractivity contribution in [3.8, 4) is 0 Å². The molecule has 16 heavy (non-hydrogen) atoms. The molecule has 2 heteroatoms. The van der Waals surface area contributed by atoms with E-state index in [0.29, 0.717) is 0 Å². The minimum absolute atomic E-state index is 0.739. The summed E-state index contributed by atoms with van der Waals surface area (Å²) in [5.41, 5.74) is 0. The van der Waals surface area contributed by atoms with Crippen molar-refractivity contribution in [3.63, 3.8) is 0 Å². The van der Waals surface area contributed by atoms with Gasteiger partial charge in [-0.05, 0) is 19.3 Å². The van der Waals surface area contributed by atoms with E-state index in [1.807, 2.05) is 0 Å². The van der Waals surface area contributed by atoms with Gasteiger partial charge in [0.05, 0.1) is 6.61 Å². The van der Waals surface area contributed by atoms with Crippen molar-refractivity contribution in [1.82, 2.24) is 0 Å². The van der Waals surface area contributed by atoms with Gasteiger partial charge in [0.25, 0.3) is 0 Å². The molecule has 1 N–H and O–H groups in total. The summed E-state index contributed by atoms with van der Waals surface area (Å²) in [6.45, 7) is 2.98. The predicted molar refractivity (Wildman–Crippen MR) is 67.4 cm³/mol. The molecule has 0 unspecified atom stereocenters. The number of rotatable bonds is 8. The predicted octanol–water partition coefficient (Wildman–Crippen LogP) is 4.02. The summed E-state index contributed by atoms with van der Waals surface area (Å²) in [4.78, 5) is 0. The van der Waals surface area contributed by atoms with E-state index in [9.17, 15) is 5.11 Å². The van der Waals surface area contributed by atoms with Gasteiger partial charge in [0.2, 0.25) is 0 Å². The Morgan fingerprint density at radius 3 is 2.25 bits per heavy atom. The number of aliphatic hydroxyl groups is 1. The summed E-state index contributed by atoms with van der Waals surface area (Å²) in [7, 11) is 0. The average molecular weight is 228 g/mol. The van der Waals surface area contributed by atoms with E-state index in [-0.39, 0.29) is 0 Å². The Kier molecular flexibility index (Phi) is 7.06. The van der Waals surface area contributed by atoms with Crippen molar-refractivity contribution in [2.75, 3.05) is 6.61 Å². The van der Waals surface area contributed by atoms with E-state index in [0.717, 1.165) is 38.7 Å². The zero-order chi connectivity index (χ0) is 11.7. The van der Waals surface area contributed by atoms with Gasteiger partial charge in [-0.15, -0.1) is 0 Å². The summed E-state index contributed by atoms with van der Waals surface area (Å²) in [6.07, 6.45) is 12.8. The van der Waals surface area contributed by atoms with Crippen LogP contribution in [-0.4, -0.2) is 17.5 Å². The molecule has 1 aliphatic rings. The van der Waals surface area contributed by atoms with Gasteiger partial charge in [0, 0.05) is 12.8 Å². The van der Waals surface area contributed by atoms with E-state index >= 15 is 0 Å². The third kappa shape index (κ3) is 5.86. The van der Waals surface area contributed by atoms with E-state index in [1.165, 1.54) is 38.5 Å². The molecule has 0 bridgehead atoms. The Morgan fingerprint density at radius 2 is 1.56 bits per heavy atom. The molecule has 96 valence electrons. The third-order valence-electron chi connectivity index (χ3n) is 3.50. The average Bonchev–Trinajstić information content (AvgIpc) is 2.29. The van der Waals surface area contributed by atoms with Crippen molar-refractivity contribution in [2.24, 2.45) is 0 Å². The fourth-order valence-corrected chi connectivity index (χ4v) is 2.39. The van der Waals surface area contributed by atoms with Gasteiger partial charge in [0.15, 0.2) is 5.79 Å². The lowest BCUT2D eigenvalue weighted by Gasteiger charge is -2.31. The number of ether oxygens (including phenoxy) is 1. The molecule has 0 spiro atoms. The molecule has 0 aromatic carbocycles.